The average Bonchev–Trinajstić information content (AvgIpc) is 2.46. The number of methoxy groups -OCH3 is 1. The molecule has 2 aromatic carbocycles. The molecule has 0 heterocycles. The number of benzene rings is 2. The number of hydrogen-bond donors (Lipinski definition) is 0. The molecule has 1 unspecified atom stereocenters. The molecule has 0 aliphatic carbocycles. The summed E-state index contributed by atoms with van der Waals surface area (Å²) >= 11 is 0. The minimum absolute atomic E-state index is 0.195. The monoisotopic (exact) mass is 240 g/mol. The van der Waals surface area contributed by atoms with Crippen molar-refractivity contribution >= 4 is 6.29 Å². The zero-order valence-electron chi connectivity index (χ0n) is 10.6. The smallest absolute Gasteiger partial charge is 0.150 e. The van der Waals surface area contributed by atoms with Crippen molar-refractivity contribution in [2.75, 3.05) is 7.11 Å². The van der Waals surface area contributed by atoms with E-state index in [1.807, 2.05) is 30.3 Å². The molecule has 2 aromatic rings. The molecule has 0 saturated heterocycles. The van der Waals surface area contributed by atoms with Crippen molar-refractivity contribution in [1.29, 1.82) is 0 Å². The fourth-order valence-electron chi connectivity index (χ4n) is 2.09. The normalized spacial score (nSPS) is 11.9. The molecular formula is C16H16O2. The van der Waals surface area contributed by atoms with Crippen LogP contribution in [0.2, 0.25) is 0 Å². The highest BCUT2D eigenvalue weighted by Gasteiger charge is 2.13. The van der Waals surface area contributed by atoms with Gasteiger partial charge in [0.05, 0.1) is 7.11 Å². The molecule has 92 valence electrons. The average molecular weight is 240 g/mol. The maximum atomic E-state index is 10.9. The molecule has 0 N–H and O–H groups in total. The molecule has 18 heavy (non-hydrogen) atoms. The quantitative estimate of drug-likeness (QED) is 0.762. The molecule has 0 aromatic heterocycles. The number of hydrogen-bond acceptors (Lipinski definition) is 2. The molecule has 0 radical (unpaired) electrons. The largest absolute Gasteiger partial charge is 0.496 e. The van der Waals surface area contributed by atoms with Gasteiger partial charge in [-0.1, -0.05) is 37.3 Å². The van der Waals surface area contributed by atoms with E-state index in [-0.39, 0.29) is 5.92 Å². The molecule has 0 fully saturated rings. The van der Waals surface area contributed by atoms with E-state index < -0.39 is 0 Å². The van der Waals surface area contributed by atoms with Gasteiger partial charge in [-0.3, -0.25) is 4.79 Å². The molecule has 2 rings (SSSR count). The number of ether oxygens (including phenoxy) is 1. The fraction of sp³-hybridized carbons (Fsp3) is 0.188. The van der Waals surface area contributed by atoms with Gasteiger partial charge in [0, 0.05) is 17.0 Å². The van der Waals surface area contributed by atoms with Crippen LogP contribution >= 0.6 is 0 Å². The Kier molecular flexibility index (Phi) is 3.78. The molecule has 2 nitrogen and oxygen atoms in total. The van der Waals surface area contributed by atoms with Gasteiger partial charge < -0.3 is 4.74 Å². The van der Waals surface area contributed by atoms with Crippen molar-refractivity contribution in [1.82, 2.24) is 0 Å². The summed E-state index contributed by atoms with van der Waals surface area (Å²) in [5.74, 6) is 1.01. The maximum absolute atomic E-state index is 10.9. The Morgan fingerprint density at radius 3 is 2.44 bits per heavy atom. The molecule has 0 spiro atoms. The lowest BCUT2D eigenvalue weighted by atomic mass is 9.91. The third-order valence-corrected chi connectivity index (χ3v) is 3.16. The SMILES string of the molecule is COc1ccc(C=O)cc1C(C)c1ccccc1. The van der Waals surface area contributed by atoms with Crippen LogP contribution in [-0.4, -0.2) is 13.4 Å². The van der Waals surface area contributed by atoms with Crippen LogP contribution in [0.25, 0.3) is 0 Å². The van der Waals surface area contributed by atoms with Crippen LogP contribution in [0.4, 0.5) is 0 Å². The van der Waals surface area contributed by atoms with Gasteiger partial charge in [0.25, 0.3) is 0 Å². The van der Waals surface area contributed by atoms with Crippen molar-refractivity contribution in [3.8, 4) is 5.75 Å². The summed E-state index contributed by atoms with van der Waals surface area (Å²) in [6, 6.07) is 15.7. The van der Waals surface area contributed by atoms with E-state index in [1.54, 1.807) is 13.2 Å². The second kappa shape index (κ2) is 5.50. The van der Waals surface area contributed by atoms with E-state index in [0.717, 1.165) is 17.6 Å². The highest BCUT2D eigenvalue weighted by Crippen LogP contribution is 2.31. The second-order valence-electron chi connectivity index (χ2n) is 4.25. The van der Waals surface area contributed by atoms with Gasteiger partial charge in [-0.2, -0.15) is 0 Å². The molecule has 2 heteroatoms. The molecule has 0 aliphatic rings. The summed E-state index contributed by atoms with van der Waals surface area (Å²) in [6.45, 7) is 2.11. The number of carbonyl (C=O) groups excluding carboxylic acids is 1. The predicted molar refractivity (Wildman–Crippen MR) is 72.3 cm³/mol. The van der Waals surface area contributed by atoms with Gasteiger partial charge in [-0.05, 0) is 23.8 Å². The Hall–Kier alpha value is -2.09. The van der Waals surface area contributed by atoms with Crippen LogP contribution in [-0.2, 0) is 0 Å². The Morgan fingerprint density at radius 1 is 1.11 bits per heavy atom. The first-order valence-corrected chi connectivity index (χ1v) is 5.94. The first kappa shape index (κ1) is 12.4. The van der Waals surface area contributed by atoms with Crippen LogP contribution in [0.3, 0.4) is 0 Å². The molecule has 1 atom stereocenters. The number of rotatable bonds is 4. The molecule has 0 aliphatic heterocycles. The van der Waals surface area contributed by atoms with E-state index in [9.17, 15) is 4.79 Å². The minimum atomic E-state index is 0.195. The highest BCUT2D eigenvalue weighted by atomic mass is 16.5. The van der Waals surface area contributed by atoms with E-state index in [4.69, 9.17) is 4.74 Å². The molecule has 0 saturated carbocycles. The van der Waals surface area contributed by atoms with Crippen LogP contribution in [0.1, 0.15) is 34.3 Å². The standard InChI is InChI=1S/C16H16O2/c1-12(14-6-4-3-5-7-14)15-10-13(11-17)8-9-16(15)18-2/h3-12H,1-2H3. The lowest BCUT2D eigenvalue weighted by Gasteiger charge is -2.16. The Balaban J connectivity index is 2.45. The van der Waals surface area contributed by atoms with Crippen molar-refractivity contribution in [3.05, 3.63) is 65.2 Å². The molecule has 0 amide bonds. The summed E-state index contributed by atoms with van der Waals surface area (Å²) in [5, 5.41) is 0. The van der Waals surface area contributed by atoms with Gasteiger partial charge >= 0.3 is 0 Å². The van der Waals surface area contributed by atoms with E-state index in [0.29, 0.717) is 5.56 Å². The lowest BCUT2D eigenvalue weighted by molar-refractivity contribution is 0.112. The van der Waals surface area contributed by atoms with Gasteiger partial charge in [0.2, 0.25) is 0 Å². The van der Waals surface area contributed by atoms with Crippen LogP contribution in [0.5, 0.6) is 5.75 Å². The third-order valence-electron chi connectivity index (χ3n) is 3.16. The fourth-order valence-corrected chi connectivity index (χ4v) is 2.09. The van der Waals surface area contributed by atoms with Gasteiger partial charge in [-0.25, -0.2) is 0 Å². The van der Waals surface area contributed by atoms with Crippen molar-refractivity contribution < 1.29 is 9.53 Å². The van der Waals surface area contributed by atoms with Gasteiger partial charge in [0.1, 0.15) is 12.0 Å². The number of carbonyl (C=O) groups is 1. The lowest BCUT2D eigenvalue weighted by Crippen LogP contribution is -2.00. The minimum Gasteiger partial charge on any atom is -0.496 e. The summed E-state index contributed by atoms with van der Waals surface area (Å²) in [6.07, 6.45) is 0.862. The van der Waals surface area contributed by atoms with Crippen LogP contribution in [0, 0.1) is 0 Å². The summed E-state index contributed by atoms with van der Waals surface area (Å²) in [7, 11) is 1.65. The zero-order valence-corrected chi connectivity index (χ0v) is 10.6. The van der Waals surface area contributed by atoms with Crippen LogP contribution < -0.4 is 4.74 Å². The van der Waals surface area contributed by atoms with Crippen LogP contribution in [0.15, 0.2) is 48.5 Å². The molecular weight excluding hydrogens is 224 g/mol. The van der Waals surface area contributed by atoms with Crippen molar-refractivity contribution in [2.45, 2.75) is 12.8 Å². The summed E-state index contributed by atoms with van der Waals surface area (Å²) < 4.78 is 5.37. The van der Waals surface area contributed by atoms with Crippen molar-refractivity contribution in [2.24, 2.45) is 0 Å². The summed E-state index contributed by atoms with van der Waals surface area (Å²) in [4.78, 5) is 10.9. The van der Waals surface area contributed by atoms with E-state index in [2.05, 4.69) is 19.1 Å². The number of aldehydes is 1. The topological polar surface area (TPSA) is 26.3 Å². The zero-order chi connectivity index (χ0) is 13.0. The Morgan fingerprint density at radius 2 is 1.83 bits per heavy atom. The summed E-state index contributed by atoms with van der Waals surface area (Å²) in [5.41, 5.74) is 2.92. The first-order chi connectivity index (χ1) is 8.76. The Labute approximate surface area is 107 Å². The van der Waals surface area contributed by atoms with Crippen molar-refractivity contribution in [3.63, 3.8) is 0 Å². The highest BCUT2D eigenvalue weighted by molar-refractivity contribution is 5.76. The third kappa shape index (κ3) is 2.43. The van der Waals surface area contributed by atoms with Gasteiger partial charge in [0.15, 0.2) is 0 Å². The molecule has 0 bridgehead atoms. The van der Waals surface area contributed by atoms with Gasteiger partial charge in [-0.15, -0.1) is 0 Å². The second-order valence-corrected chi connectivity index (χ2v) is 4.25. The maximum Gasteiger partial charge on any atom is 0.150 e. The predicted octanol–water partition coefficient (Wildman–Crippen LogP) is 3.66. The first-order valence-electron chi connectivity index (χ1n) is 5.94. The van der Waals surface area contributed by atoms with E-state index in [1.165, 1.54) is 5.56 Å². The van der Waals surface area contributed by atoms with E-state index >= 15 is 0 Å². The Bertz CT molecular complexity index is 532.